The second kappa shape index (κ2) is 51.1. The smallest absolute Gasteiger partial charge is 0.407 e. The van der Waals surface area contributed by atoms with Crippen LogP contribution in [0, 0.1) is 5.21 Å². The number of rotatable bonds is 52. The van der Waals surface area contributed by atoms with Gasteiger partial charge in [-0.2, -0.15) is 0 Å². The molecule has 3 aliphatic heterocycles. The topological polar surface area (TPSA) is 678 Å². The molecule has 0 radical (unpaired) electrons. The summed E-state index contributed by atoms with van der Waals surface area (Å²) < 4.78 is 33.3. The van der Waals surface area contributed by atoms with Gasteiger partial charge in [-0.25, -0.2) is 43.5 Å². The Morgan fingerprint density at radius 1 is 0.482 bits per heavy atom. The lowest BCUT2D eigenvalue weighted by atomic mass is 9.93. The van der Waals surface area contributed by atoms with Crippen LogP contribution in [0.2, 0.25) is 0 Å². The number of hydrogen-bond acceptors (Lipinski definition) is 27. The summed E-state index contributed by atoms with van der Waals surface area (Å²) in [6, 6.07) is -5.70. The van der Waals surface area contributed by atoms with E-state index in [-0.39, 0.29) is 97.7 Å². The number of nitrogens with one attached hydrogen (secondary N) is 9. The first kappa shape index (κ1) is 93.8. The van der Waals surface area contributed by atoms with Crippen LogP contribution >= 0.6 is 0 Å². The highest BCUT2D eigenvalue weighted by molar-refractivity contribution is 5.87. The fraction of sp³-hybridized carbons (Fsp3) is 0.682. The Morgan fingerprint density at radius 3 is 1.08 bits per heavy atom. The fourth-order valence-electron chi connectivity index (χ4n) is 11.8. The van der Waals surface area contributed by atoms with Crippen molar-refractivity contribution >= 4 is 89.5 Å². The highest BCUT2D eigenvalue weighted by Crippen LogP contribution is 2.29. The van der Waals surface area contributed by atoms with Gasteiger partial charge in [0.2, 0.25) is 46.8 Å². The lowest BCUT2D eigenvalue weighted by molar-refractivity contribution is -0.800. The molecule has 24 N–H and O–H groups in total. The van der Waals surface area contributed by atoms with E-state index in [1.165, 1.54) is 23.6 Å². The average Bonchev–Trinajstić information content (AvgIpc) is 0.786. The number of nitrogens with zero attached hydrogens (tertiary/aromatic N) is 4. The van der Waals surface area contributed by atoms with Crippen molar-refractivity contribution in [1.82, 2.24) is 52.3 Å². The molecule has 44 nitrogen and oxygen atoms in total. The number of quaternary nitrogens is 1. The molecular weight excluding hydrogens is 1460 g/mol. The van der Waals surface area contributed by atoms with Crippen LogP contribution in [-0.4, -0.2) is 300 Å². The van der Waals surface area contributed by atoms with Gasteiger partial charge in [-0.1, -0.05) is 38.5 Å². The van der Waals surface area contributed by atoms with Crippen LogP contribution in [0.5, 0.6) is 0 Å². The van der Waals surface area contributed by atoms with Crippen LogP contribution in [0.25, 0.3) is 0 Å². The summed E-state index contributed by atoms with van der Waals surface area (Å²) in [4.78, 5) is 174. The molecule has 3 rings (SSSR count). The van der Waals surface area contributed by atoms with E-state index in [9.17, 15) is 103 Å². The number of alkyl carbamates (subject to hydrolysis) is 3. The van der Waals surface area contributed by atoms with E-state index in [4.69, 9.17) is 51.4 Å². The van der Waals surface area contributed by atoms with Crippen molar-refractivity contribution in [2.45, 2.75) is 190 Å². The fourth-order valence-corrected chi connectivity index (χ4v) is 11.8. The number of carboxylic acids is 4. The minimum atomic E-state index is -1.50. The zero-order chi connectivity index (χ0) is 81.8. The maximum absolute atomic E-state index is 13.5. The largest absolute Gasteiger partial charge is 0.626 e. The second-order valence-electron chi connectivity index (χ2n) is 25.9. The van der Waals surface area contributed by atoms with Crippen LogP contribution in [0.3, 0.4) is 0 Å². The first-order valence-corrected chi connectivity index (χ1v) is 36.0. The summed E-state index contributed by atoms with van der Waals surface area (Å²) in [5, 5.41) is 101. The number of aliphatic imine (C=N–C) groups is 2. The molecular formula is C66H109N17O27. The van der Waals surface area contributed by atoms with Gasteiger partial charge in [0.25, 0.3) is 0 Å². The summed E-state index contributed by atoms with van der Waals surface area (Å²) in [5.41, 5.74) is 22.3. The summed E-state index contributed by atoms with van der Waals surface area (Å²) in [5.74, 6) is -11.7. The molecule has 0 aliphatic carbocycles. The Morgan fingerprint density at radius 2 is 0.791 bits per heavy atom. The number of aliphatic hydroxyl groups is 3. The monoisotopic (exact) mass is 1570 g/mol. The van der Waals surface area contributed by atoms with Gasteiger partial charge in [0.1, 0.15) is 24.4 Å². The normalized spacial score (nSPS) is 19.6. The first-order chi connectivity index (χ1) is 52.3. The van der Waals surface area contributed by atoms with Crippen LogP contribution in [0.4, 0.5) is 14.4 Å². The van der Waals surface area contributed by atoms with E-state index in [1.54, 1.807) is 0 Å². The van der Waals surface area contributed by atoms with Gasteiger partial charge in [0, 0.05) is 112 Å². The number of hydroxylamine groups is 2. The Hall–Kier alpha value is -10.4. The van der Waals surface area contributed by atoms with Crippen LogP contribution in [0.15, 0.2) is 45.5 Å². The molecule has 0 aromatic rings. The number of unbranched alkanes of at least 4 members (excludes halogenated alkanes) is 9. The number of nitrogens with two attached hydrogens (primary N) is 4. The number of aliphatic hydroxyl groups excluding tert-OH is 3. The van der Waals surface area contributed by atoms with Gasteiger partial charge < -0.3 is 140 Å². The van der Waals surface area contributed by atoms with Crippen molar-refractivity contribution < 1.29 is 132 Å². The van der Waals surface area contributed by atoms with Crippen LogP contribution < -0.4 is 70.5 Å². The number of ether oxygens (including phenoxy) is 6. The van der Waals surface area contributed by atoms with Gasteiger partial charge in [0.05, 0.1) is 57.3 Å². The number of aliphatic carboxylic acids is 4. The molecule has 1 unspecified atom stereocenters. The molecule has 110 heavy (non-hydrogen) atoms. The van der Waals surface area contributed by atoms with Crippen molar-refractivity contribution in [3.05, 3.63) is 40.7 Å². The van der Waals surface area contributed by atoms with E-state index >= 15 is 0 Å². The van der Waals surface area contributed by atoms with Crippen molar-refractivity contribution in [3.8, 4) is 0 Å². The summed E-state index contributed by atoms with van der Waals surface area (Å²) in [7, 11) is 0. The molecule has 0 fully saturated rings. The maximum atomic E-state index is 13.5. The van der Waals surface area contributed by atoms with E-state index in [0.717, 1.165) is 25.2 Å². The van der Waals surface area contributed by atoms with Crippen LogP contribution in [0.1, 0.15) is 124 Å². The van der Waals surface area contributed by atoms with Gasteiger partial charge in [0.15, 0.2) is 30.2 Å². The van der Waals surface area contributed by atoms with E-state index in [2.05, 4.69) is 52.5 Å². The lowest BCUT2D eigenvalue weighted by Crippen LogP contribution is -3.15. The molecule has 3 heterocycles. The SMILES string of the molecule is CC(=O)N[C@H]1[C@H]([C@@H](CCO)OC(=O)NCCCCCCNC(=O)CN(CCN(CC(=O)NCCCCCCNC(=O)O[C@H](CCO)[C@@H]2OC(C(=O)O)=C[C@H](N=C(N)N)[C@H]2NC(C)=O)CC(=O)NCCCCCCNC(=O)O[C@H](CCO)[C@@H]2OC(C(=O)O)=CC[C@H]2[NH+]([O-])C(C)=O)CC(=O)O)OC(C(=O)O)=C[C@@H]1N=C(N)N. The number of hydrogen-bond donors (Lipinski definition) is 20. The van der Waals surface area contributed by atoms with Gasteiger partial charge in [-0.3, -0.25) is 38.6 Å². The third-order valence-electron chi connectivity index (χ3n) is 16.9. The summed E-state index contributed by atoms with van der Waals surface area (Å²) in [6.45, 7) is 1.01. The summed E-state index contributed by atoms with van der Waals surface area (Å²) in [6.07, 6.45) is -2.21. The van der Waals surface area contributed by atoms with E-state index < -0.39 is 205 Å². The predicted octanol–water partition coefficient (Wildman–Crippen LogP) is -5.78. The minimum absolute atomic E-state index is 0.0556. The van der Waals surface area contributed by atoms with Crippen molar-refractivity contribution in [2.24, 2.45) is 32.9 Å². The Labute approximate surface area is 633 Å². The standard InChI is InChI=1S/C66H109N17O27/c1-38(87)77-54-41(79-62(67)68)32-48(60(97)98)106-57(54)45(19-30-85)109-65(102)75-25-14-8-5-11-22-72-51(91)35-81(34-50(90)71-21-10-4-7-13-24-74-64(101)108-44(18-29-84)56-43(83(104)40(3)89)16-17-47(105-56)59(95)96)27-28-82(37-53(93)94)36-52(92)73-23-12-6-9-15-26-76-66(103)110-46(20-31-86)58-55(78-39(2)88)42(80-63(69)70)33-49(107-58)61(99)100/h17,32-33,41-46,54-58,83-86H,4-16,18-31,34-37H2,1-3H3,(H,71,90)(H,72,91)(H,73,92)(H,74,101)(H,75,102)(H,76,103)(H,77,87)(H,78,88)(H,93,94)(H,95,96)(H,97,98)(H,99,100)(H4,67,68,79)(H4,69,70,80)/t41-,42-,43+,44+,45+,46+,54+,55+,56+,57-,58-/m0/s1. The molecule has 0 saturated carbocycles. The number of guanidine groups is 2. The lowest BCUT2D eigenvalue weighted by Gasteiger charge is -2.39. The Balaban J connectivity index is 1.56. The molecule has 0 bridgehead atoms. The van der Waals surface area contributed by atoms with Gasteiger partial charge in [-0.05, 0) is 56.8 Å². The predicted molar refractivity (Wildman–Crippen MR) is 384 cm³/mol. The van der Waals surface area contributed by atoms with E-state index in [1.807, 2.05) is 0 Å². The number of carboxylic acid groups (broad SMARTS) is 4. The zero-order valence-corrected chi connectivity index (χ0v) is 61.9. The molecule has 0 saturated heterocycles. The first-order valence-electron chi connectivity index (χ1n) is 36.0. The zero-order valence-electron chi connectivity index (χ0n) is 61.9. The molecule has 0 aromatic carbocycles. The van der Waals surface area contributed by atoms with Crippen molar-refractivity contribution in [1.29, 1.82) is 0 Å². The Kier molecular flexibility index (Phi) is 43.5. The molecule has 12 atom stereocenters. The second-order valence-corrected chi connectivity index (χ2v) is 25.9. The highest BCUT2D eigenvalue weighted by atomic mass is 16.6. The van der Waals surface area contributed by atoms with Crippen LogP contribution in [-0.2, 0) is 76.4 Å². The van der Waals surface area contributed by atoms with Gasteiger partial charge in [-0.15, -0.1) is 0 Å². The molecule has 44 heteroatoms. The molecule has 9 amide bonds. The molecule has 0 spiro atoms. The van der Waals surface area contributed by atoms with Gasteiger partial charge >= 0.3 is 48.1 Å². The highest BCUT2D eigenvalue weighted by Gasteiger charge is 2.47. The quantitative estimate of drug-likeness (QED) is 0.00887. The molecule has 0 aromatic heterocycles. The third-order valence-corrected chi connectivity index (χ3v) is 16.9. The number of amides is 9. The molecule has 620 valence electrons. The van der Waals surface area contributed by atoms with E-state index in [0.29, 0.717) is 77.0 Å². The average molecular weight is 1570 g/mol. The number of carbonyl (C=O) groups excluding carboxylic acids is 9. The molecule has 3 aliphatic rings. The number of carbonyl (C=O) groups is 13. The van der Waals surface area contributed by atoms with Crippen molar-refractivity contribution in [2.75, 3.05) is 98.4 Å². The Bertz CT molecular complexity index is 3210. The third kappa shape index (κ3) is 36.7. The maximum Gasteiger partial charge on any atom is 0.407 e. The minimum Gasteiger partial charge on any atom is -0.626 e. The summed E-state index contributed by atoms with van der Waals surface area (Å²) >= 11 is 0. The van der Waals surface area contributed by atoms with Crippen molar-refractivity contribution in [3.63, 3.8) is 0 Å².